The third-order valence-electron chi connectivity index (χ3n) is 6.50. The highest BCUT2D eigenvalue weighted by Gasteiger charge is 2.37. The van der Waals surface area contributed by atoms with Crippen LogP contribution in [-0.4, -0.2) is 42.9 Å². The highest BCUT2D eigenvalue weighted by molar-refractivity contribution is 5.95. The first kappa shape index (κ1) is 22.3. The van der Waals surface area contributed by atoms with Gasteiger partial charge in [0.05, 0.1) is 18.4 Å². The average molecular weight is 468 g/mol. The second-order valence-electron chi connectivity index (χ2n) is 8.69. The summed E-state index contributed by atoms with van der Waals surface area (Å²) in [7, 11) is 0. The molecule has 5 rings (SSSR count). The van der Waals surface area contributed by atoms with Crippen molar-refractivity contribution in [3.8, 4) is 11.5 Å². The zero-order valence-corrected chi connectivity index (χ0v) is 19.2. The van der Waals surface area contributed by atoms with Gasteiger partial charge in [-0.25, -0.2) is 9.59 Å². The number of rotatable bonds is 8. The van der Waals surface area contributed by atoms with E-state index >= 15 is 0 Å². The molecule has 2 aliphatic heterocycles. The predicted molar refractivity (Wildman–Crippen MR) is 122 cm³/mol. The van der Waals surface area contributed by atoms with Crippen molar-refractivity contribution in [2.75, 3.05) is 19.9 Å². The van der Waals surface area contributed by atoms with Crippen LogP contribution in [0, 0.1) is 0 Å². The van der Waals surface area contributed by atoms with Gasteiger partial charge in [0.2, 0.25) is 6.79 Å². The fourth-order valence-corrected chi connectivity index (χ4v) is 4.92. The first-order chi connectivity index (χ1) is 16.6. The van der Waals surface area contributed by atoms with Crippen LogP contribution in [0.15, 0.2) is 52.3 Å². The summed E-state index contributed by atoms with van der Waals surface area (Å²) in [5, 5.41) is 5.69. The third-order valence-corrected chi connectivity index (χ3v) is 6.50. The Hall–Kier alpha value is -3.46. The van der Waals surface area contributed by atoms with E-state index in [0.29, 0.717) is 36.2 Å². The van der Waals surface area contributed by atoms with Crippen LogP contribution in [-0.2, 0) is 16.1 Å². The van der Waals surface area contributed by atoms with Crippen molar-refractivity contribution in [3.05, 3.63) is 59.2 Å². The number of ether oxygens (including phenoxy) is 3. The van der Waals surface area contributed by atoms with Gasteiger partial charge in [0.25, 0.3) is 0 Å². The van der Waals surface area contributed by atoms with E-state index in [2.05, 4.69) is 15.5 Å². The molecule has 3 heterocycles. The zero-order chi connectivity index (χ0) is 23.5. The zero-order valence-electron chi connectivity index (χ0n) is 19.2. The van der Waals surface area contributed by atoms with E-state index in [1.54, 1.807) is 19.1 Å². The molecule has 1 aliphatic carbocycles. The SMILES string of the molecule is CCOC(=O)C1=C(CN(Cc2ccc3c(c2)OCO3)C2CCCC2)NC(=O)N[C@H]1c1ccco1. The lowest BCUT2D eigenvalue weighted by Gasteiger charge is -2.34. The molecule has 0 saturated heterocycles. The van der Waals surface area contributed by atoms with Gasteiger partial charge in [-0.2, -0.15) is 0 Å². The molecule has 9 nitrogen and oxygen atoms in total. The quantitative estimate of drug-likeness (QED) is 0.572. The van der Waals surface area contributed by atoms with E-state index in [-0.39, 0.29) is 19.4 Å². The van der Waals surface area contributed by atoms with Gasteiger partial charge in [-0.15, -0.1) is 0 Å². The number of amides is 2. The molecule has 1 aromatic carbocycles. The molecule has 0 radical (unpaired) electrons. The smallest absolute Gasteiger partial charge is 0.338 e. The number of benzene rings is 1. The van der Waals surface area contributed by atoms with Crippen molar-refractivity contribution in [1.82, 2.24) is 15.5 Å². The average Bonchev–Trinajstić information content (AvgIpc) is 3.61. The van der Waals surface area contributed by atoms with E-state index in [1.165, 1.54) is 6.26 Å². The van der Waals surface area contributed by atoms with Crippen molar-refractivity contribution in [2.45, 2.75) is 51.2 Å². The molecule has 180 valence electrons. The van der Waals surface area contributed by atoms with Crippen LogP contribution in [0.1, 0.15) is 50.0 Å². The monoisotopic (exact) mass is 467 g/mol. The van der Waals surface area contributed by atoms with Crippen molar-refractivity contribution in [1.29, 1.82) is 0 Å². The van der Waals surface area contributed by atoms with Gasteiger partial charge in [-0.05, 0) is 49.6 Å². The fraction of sp³-hybridized carbons (Fsp3) is 0.440. The standard InChI is InChI=1S/C25H29N3O6/c1-2-31-24(29)22-18(26-25(30)27-23(22)20-8-5-11-32-20)14-28(17-6-3-4-7-17)13-16-9-10-19-21(12-16)34-15-33-19/h5,8-12,17,23H,2-4,6-7,13-15H2,1H3,(H2,26,27,30)/t23-/m0/s1. The van der Waals surface area contributed by atoms with Crippen molar-refractivity contribution < 1.29 is 28.2 Å². The minimum Gasteiger partial charge on any atom is -0.467 e. The summed E-state index contributed by atoms with van der Waals surface area (Å²) in [5.41, 5.74) is 1.98. The molecule has 0 unspecified atom stereocenters. The number of urea groups is 1. The van der Waals surface area contributed by atoms with Gasteiger partial charge in [0, 0.05) is 24.8 Å². The molecule has 0 spiro atoms. The van der Waals surface area contributed by atoms with E-state index < -0.39 is 12.0 Å². The number of hydrogen-bond donors (Lipinski definition) is 2. The Morgan fingerprint density at radius 3 is 2.74 bits per heavy atom. The Balaban J connectivity index is 1.48. The molecule has 1 aromatic heterocycles. The topological polar surface area (TPSA) is 102 Å². The molecular weight excluding hydrogens is 438 g/mol. The Kier molecular flexibility index (Phi) is 6.44. The van der Waals surface area contributed by atoms with Crippen molar-refractivity contribution in [2.24, 2.45) is 0 Å². The minimum atomic E-state index is -0.714. The summed E-state index contributed by atoms with van der Waals surface area (Å²) in [6, 6.07) is 8.68. The predicted octanol–water partition coefficient (Wildman–Crippen LogP) is 3.62. The van der Waals surface area contributed by atoms with Gasteiger partial charge in [-0.3, -0.25) is 4.90 Å². The van der Waals surface area contributed by atoms with Gasteiger partial charge in [0.15, 0.2) is 11.5 Å². The van der Waals surface area contributed by atoms with Crippen LogP contribution in [0.2, 0.25) is 0 Å². The molecule has 34 heavy (non-hydrogen) atoms. The molecule has 2 aromatic rings. The molecular formula is C25H29N3O6. The highest BCUT2D eigenvalue weighted by Crippen LogP contribution is 2.35. The Bertz CT molecular complexity index is 1070. The number of hydrogen-bond acceptors (Lipinski definition) is 7. The summed E-state index contributed by atoms with van der Waals surface area (Å²) in [4.78, 5) is 28.0. The summed E-state index contributed by atoms with van der Waals surface area (Å²) >= 11 is 0. The number of carbonyl (C=O) groups is 2. The second kappa shape index (κ2) is 9.80. The Morgan fingerprint density at radius 2 is 1.97 bits per heavy atom. The first-order valence-corrected chi connectivity index (χ1v) is 11.8. The molecule has 9 heteroatoms. The third kappa shape index (κ3) is 4.61. The van der Waals surface area contributed by atoms with Crippen molar-refractivity contribution >= 4 is 12.0 Å². The summed E-state index contributed by atoms with van der Waals surface area (Å²) in [6.07, 6.45) is 5.99. The minimum absolute atomic E-state index is 0.230. The van der Waals surface area contributed by atoms with Gasteiger partial charge in [-0.1, -0.05) is 18.9 Å². The lowest BCUT2D eigenvalue weighted by atomic mass is 9.99. The molecule has 0 bridgehead atoms. The Labute approximate surface area is 198 Å². The van der Waals surface area contributed by atoms with E-state index in [4.69, 9.17) is 18.6 Å². The van der Waals surface area contributed by atoms with Crippen LogP contribution < -0.4 is 20.1 Å². The molecule has 1 atom stereocenters. The molecule has 1 fully saturated rings. The van der Waals surface area contributed by atoms with Gasteiger partial charge >= 0.3 is 12.0 Å². The maximum atomic E-state index is 13.0. The summed E-state index contributed by atoms with van der Waals surface area (Å²) < 4.78 is 21.9. The lowest BCUT2D eigenvalue weighted by Crippen LogP contribution is -2.49. The molecule has 1 saturated carbocycles. The maximum absolute atomic E-state index is 13.0. The maximum Gasteiger partial charge on any atom is 0.338 e. The summed E-state index contributed by atoms with van der Waals surface area (Å²) in [6.45, 7) is 3.28. The first-order valence-electron chi connectivity index (χ1n) is 11.8. The molecule has 3 aliphatic rings. The lowest BCUT2D eigenvalue weighted by molar-refractivity contribution is -0.139. The van der Waals surface area contributed by atoms with Crippen LogP contribution in [0.3, 0.4) is 0 Å². The number of nitrogens with one attached hydrogen (secondary N) is 2. The Morgan fingerprint density at radius 1 is 1.15 bits per heavy atom. The van der Waals surface area contributed by atoms with Gasteiger partial charge in [0.1, 0.15) is 11.8 Å². The van der Waals surface area contributed by atoms with E-state index in [0.717, 1.165) is 42.7 Å². The second-order valence-corrected chi connectivity index (χ2v) is 8.69. The molecule has 2 amide bonds. The number of nitrogens with zero attached hydrogens (tertiary/aromatic N) is 1. The van der Waals surface area contributed by atoms with Crippen LogP contribution in [0.5, 0.6) is 11.5 Å². The van der Waals surface area contributed by atoms with Crippen molar-refractivity contribution in [3.63, 3.8) is 0 Å². The summed E-state index contributed by atoms with van der Waals surface area (Å²) in [5.74, 6) is 1.50. The normalized spacial score (nSPS) is 19.9. The highest BCUT2D eigenvalue weighted by atomic mass is 16.7. The number of furan rings is 1. The largest absolute Gasteiger partial charge is 0.467 e. The molecule has 2 N–H and O–H groups in total. The van der Waals surface area contributed by atoms with Crippen LogP contribution in [0.4, 0.5) is 4.79 Å². The number of carbonyl (C=O) groups excluding carboxylic acids is 2. The van der Waals surface area contributed by atoms with E-state index in [9.17, 15) is 9.59 Å². The number of esters is 1. The van der Waals surface area contributed by atoms with E-state index in [1.807, 2.05) is 18.2 Å². The van der Waals surface area contributed by atoms with Gasteiger partial charge < -0.3 is 29.3 Å². The van der Waals surface area contributed by atoms with Crippen LogP contribution in [0.25, 0.3) is 0 Å². The fourth-order valence-electron chi connectivity index (χ4n) is 4.92. The number of fused-ring (bicyclic) bond motifs is 1. The van der Waals surface area contributed by atoms with Crippen LogP contribution >= 0.6 is 0 Å².